The molecule has 2 fully saturated rings. The molecule has 0 amide bonds. The van der Waals surface area contributed by atoms with E-state index in [1.54, 1.807) is 0 Å². The van der Waals surface area contributed by atoms with Crippen LogP contribution in [0.3, 0.4) is 0 Å². The topological polar surface area (TPSA) is 34.1 Å². The average Bonchev–Trinajstić information content (AvgIpc) is 2.74. The Balaban J connectivity index is 1.81. The van der Waals surface area contributed by atoms with Crippen LogP contribution in [0, 0.1) is 17.3 Å². The molecule has 0 radical (unpaired) electrons. The molecule has 0 aromatic carbocycles. The first kappa shape index (κ1) is 11.4. The Bertz CT molecular complexity index is 327. The van der Waals surface area contributed by atoms with Crippen LogP contribution in [0.4, 0.5) is 0 Å². The van der Waals surface area contributed by atoms with Gasteiger partial charge < -0.3 is 0 Å². The Kier molecular flexibility index (Phi) is 2.65. The predicted molar refractivity (Wildman–Crippen MR) is 62.5 cm³/mol. The molecule has 0 aromatic heterocycles. The average molecular weight is 230 g/mol. The minimum Gasteiger partial charge on any atom is -0.229 e. The van der Waals surface area contributed by atoms with Gasteiger partial charge in [0.05, 0.1) is 11.0 Å². The third-order valence-corrected chi connectivity index (χ3v) is 6.38. The second-order valence-electron chi connectivity index (χ2n) is 6.43. The number of hydrogen-bond donors (Lipinski definition) is 0. The van der Waals surface area contributed by atoms with E-state index in [0.29, 0.717) is 17.1 Å². The molecule has 2 saturated carbocycles. The van der Waals surface area contributed by atoms with Crippen LogP contribution in [0.1, 0.15) is 46.5 Å². The van der Waals surface area contributed by atoms with Crippen LogP contribution in [0.25, 0.3) is 0 Å². The summed E-state index contributed by atoms with van der Waals surface area (Å²) in [6, 6.07) is 0. The molecule has 0 bridgehead atoms. The molecule has 2 aliphatic rings. The first-order valence-corrected chi connectivity index (χ1v) is 7.72. The molecule has 2 rings (SSSR count). The lowest BCUT2D eigenvalue weighted by Gasteiger charge is -2.43. The van der Waals surface area contributed by atoms with Crippen LogP contribution in [0.5, 0.6) is 0 Å². The quantitative estimate of drug-likeness (QED) is 0.747. The molecule has 0 N–H and O–H groups in total. The predicted octanol–water partition coefficient (Wildman–Crippen LogP) is 2.64. The molecule has 0 atom stereocenters. The smallest absolute Gasteiger partial charge is 0.153 e. The van der Waals surface area contributed by atoms with E-state index in [1.807, 2.05) is 0 Å². The molecule has 3 heteroatoms. The molecule has 88 valence electrons. The zero-order chi connectivity index (χ0) is 11.3. The van der Waals surface area contributed by atoms with E-state index in [0.717, 1.165) is 31.6 Å². The third kappa shape index (κ3) is 2.55. The molecule has 2 aliphatic carbocycles. The molecular weight excluding hydrogens is 208 g/mol. The molecule has 0 spiro atoms. The van der Waals surface area contributed by atoms with Crippen molar-refractivity contribution in [3.63, 3.8) is 0 Å². The molecule has 0 aliphatic heterocycles. The summed E-state index contributed by atoms with van der Waals surface area (Å²) in [6.07, 6.45) is 4.07. The maximum Gasteiger partial charge on any atom is 0.153 e. The van der Waals surface area contributed by atoms with E-state index in [2.05, 4.69) is 20.8 Å². The summed E-state index contributed by atoms with van der Waals surface area (Å²) in [6.45, 7) is 6.76. The van der Waals surface area contributed by atoms with Gasteiger partial charge in [-0.05, 0) is 42.9 Å². The van der Waals surface area contributed by atoms with Crippen molar-refractivity contribution in [1.29, 1.82) is 0 Å². The van der Waals surface area contributed by atoms with Gasteiger partial charge in [-0.15, -0.1) is 0 Å². The molecule has 0 unspecified atom stereocenters. The molecular formula is C12H22O2S. The Morgan fingerprint density at radius 2 is 1.67 bits per heavy atom. The van der Waals surface area contributed by atoms with Crippen LogP contribution >= 0.6 is 0 Å². The number of hydrogen-bond acceptors (Lipinski definition) is 2. The summed E-state index contributed by atoms with van der Waals surface area (Å²) in [5, 5.41) is 0.0335. The molecule has 15 heavy (non-hydrogen) atoms. The van der Waals surface area contributed by atoms with Crippen molar-refractivity contribution in [2.75, 3.05) is 5.75 Å². The molecule has 0 saturated heterocycles. The maximum absolute atomic E-state index is 11.8. The standard InChI is InChI=1S/C12H22O2S/c1-12(2,3)10-6-9(7-10)8-15(13,14)11-4-5-11/h9-11H,4-8H2,1-3H3. The van der Waals surface area contributed by atoms with Crippen molar-refractivity contribution in [3.05, 3.63) is 0 Å². The lowest BCUT2D eigenvalue weighted by atomic mass is 9.64. The highest BCUT2D eigenvalue weighted by Crippen LogP contribution is 2.46. The van der Waals surface area contributed by atoms with Gasteiger partial charge in [0.25, 0.3) is 0 Å². The van der Waals surface area contributed by atoms with Crippen molar-refractivity contribution in [2.24, 2.45) is 17.3 Å². The van der Waals surface area contributed by atoms with Gasteiger partial charge in [0, 0.05) is 0 Å². The van der Waals surface area contributed by atoms with Crippen molar-refractivity contribution in [3.8, 4) is 0 Å². The third-order valence-electron chi connectivity index (χ3n) is 3.96. The SMILES string of the molecule is CC(C)(C)C1CC(CS(=O)(=O)C2CC2)C1. The van der Waals surface area contributed by atoms with Crippen LogP contribution in [-0.2, 0) is 9.84 Å². The van der Waals surface area contributed by atoms with Gasteiger partial charge in [0.15, 0.2) is 9.84 Å². The summed E-state index contributed by atoms with van der Waals surface area (Å²) in [4.78, 5) is 0. The lowest BCUT2D eigenvalue weighted by Crippen LogP contribution is -2.37. The fraction of sp³-hybridized carbons (Fsp3) is 1.00. The maximum atomic E-state index is 11.8. The minimum atomic E-state index is -2.72. The summed E-state index contributed by atoms with van der Waals surface area (Å²) in [5.41, 5.74) is 0.361. The highest BCUT2D eigenvalue weighted by molar-refractivity contribution is 7.92. The second kappa shape index (κ2) is 3.47. The van der Waals surface area contributed by atoms with Crippen LogP contribution in [0.2, 0.25) is 0 Å². The Labute approximate surface area is 93.4 Å². The Morgan fingerprint density at radius 3 is 2.07 bits per heavy atom. The van der Waals surface area contributed by atoms with Crippen LogP contribution in [-0.4, -0.2) is 19.4 Å². The number of rotatable bonds is 3. The zero-order valence-corrected chi connectivity index (χ0v) is 10.8. The van der Waals surface area contributed by atoms with Gasteiger partial charge in [0.2, 0.25) is 0 Å². The van der Waals surface area contributed by atoms with Crippen molar-refractivity contribution in [1.82, 2.24) is 0 Å². The van der Waals surface area contributed by atoms with Gasteiger partial charge >= 0.3 is 0 Å². The molecule has 0 aromatic rings. The summed E-state index contributed by atoms with van der Waals surface area (Å²) in [5.74, 6) is 1.65. The van der Waals surface area contributed by atoms with Crippen molar-refractivity contribution >= 4 is 9.84 Å². The zero-order valence-electron chi connectivity index (χ0n) is 9.99. The van der Waals surface area contributed by atoms with Crippen LogP contribution < -0.4 is 0 Å². The van der Waals surface area contributed by atoms with Crippen molar-refractivity contribution in [2.45, 2.75) is 51.7 Å². The highest BCUT2D eigenvalue weighted by Gasteiger charge is 2.42. The fourth-order valence-electron chi connectivity index (χ4n) is 2.47. The molecule has 0 heterocycles. The van der Waals surface area contributed by atoms with E-state index >= 15 is 0 Å². The summed E-state index contributed by atoms with van der Waals surface area (Å²) < 4.78 is 23.5. The van der Waals surface area contributed by atoms with E-state index in [-0.39, 0.29) is 5.25 Å². The molecule has 2 nitrogen and oxygen atoms in total. The number of sulfone groups is 1. The van der Waals surface area contributed by atoms with E-state index in [9.17, 15) is 8.42 Å². The normalized spacial score (nSPS) is 32.5. The van der Waals surface area contributed by atoms with E-state index in [1.165, 1.54) is 0 Å². The first-order valence-electron chi connectivity index (χ1n) is 6.00. The summed E-state index contributed by atoms with van der Waals surface area (Å²) >= 11 is 0. The largest absolute Gasteiger partial charge is 0.229 e. The minimum absolute atomic E-state index is 0.0335. The Morgan fingerprint density at radius 1 is 1.13 bits per heavy atom. The monoisotopic (exact) mass is 230 g/mol. The van der Waals surface area contributed by atoms with Gasteiger partial charge in [-0.2, -0.15) is 0 Å². The van der Waals surface area contributed by atoms with Gasteiger partial charge in [-0.25, -0.2) is 8.42 Å². The van der Waals surface area contributed by atoms with E-state index < -0.39 is 9.84 Å². The summed E-state index contributed by atoms with van der Waals surface area (Å²) in [7, 11) is -2.72. The fourth-order valence-corrected chi connectivity index (χ4v) is 4.53. The van der Waals surface area contributed by atoms with Crippen LogP contribution in [0.15, 0.2) is 0 Å². The second-order valence-corrected chi connectivity index (χ2v) is 8.75. The Hall–Kier alpha value is -0.0500. The van der Waals surface area contributed by atoms with Gasteiger partial charge in [-0.1, -0.05) is 20.8 Å². The van der Waals surface area contributed by atoms with E-state index in [4.69, 9.17) is 0 Å². The van der Waals surface area contributed by atoms with Gasteiger partial charge in [-0.3, -0.25) is 0 Å². The highest BCUT2D eigenvalue weighted by atomic mass is 32.2. The van der Waals surface area contributed by atoms with Gasteiger partial charge in [0.1, 0.15) is 0 Å². The first-order chi connectivity index (χ1) is 6.79. The lowest BCUT2D eigenvalue weighted by molar-refractivity contribution is 0.0879. The van der Waals surface area contributed by atoms with Crippen molar-refractivity contribution < 1.29 is 8.42 Å².